The summed E-state index contributed by atoms with van der Waals surface area (Å²) in [6, 6.07) is 23.7. The van der Waals surface area contributed by atoms with Crippen LogP contribution >= 0.6 is 0 Å². The number of nitrogens with zero attached hydrogens (tertiary/aromatic N) is 2. The van der Waals surface area contributed by atoms with Crippen LogP contribution in [0.15, 0.2) is 72.8 Å². The molecule has 0 saturated heterocycles. The van der Waals surface area contributed by atoms with E-state index >= 15 is 0 Å². The van der Waals surface area contributed by atoms with E-state index in [0.29, 0.717) is 18.7 Å². The van der Waals surface area contributed by atoms with Crippen LogP contribution in [0.25, 0.3) is 22.2 Å². The van der Waals surface area contributed by atoms with Crippen LogP contribution in [0.4, 0.5) is 11.6 Å². The van der Waals surface area contributed by atoms with Crippen LogP contribution in [0, 0.1) is 0 Å². The van der Waals surface area contributed by atoms with Gasteiger partial charge in [0.25, 0.3) is 0 Å². The molecule has 0 fully saturated rings. The SMILES string of the molecule is COCCn1c(Nc2ccc(C(=O)OC)cc2)nc2cc(-c3ccccc3)ccc21. The lowest BCUT2D eigenvalue weighted by Crippen LogP contribution is -2.08. The largest absolute Gasteiger partial charge is 0.465 e. The highest BCUT2D eigenvalue weighted by Gasteiger charge is 2.13. The molecule has 1 N–H and O–H groups in total. The standard InChI is InChI=1S/C24H23N3O3/c1-29-15-14-27-22-13-10-19(17-6-4-3-5-7-17)16-21(22)26-24(27)25-20-11-8-18(9-12-20)23(28)30-2/h3-13,16H,14-15H2,1-2H3,(H,25,26). The molecule has 0 unspecified atom stereocenters. The molecule has 4 rings (SSSR count). The number of carbonyl (C=O) groups is 1. The van der Waals surface area contributed by atoms with Gasteiger partial charge in [0.1, 0.15) is 0 Å². The highest BCUT2D eigenvalue weighted by atomic mass is 16.5. The van der Waals surface area contributed by atoms with Gasteiger partial charge in [-0.05, 0) is 47.5 Å². The van der Waals surface area contributed by atoms with Crippen molar-refractivity contribution in [2.45, 2.75) is 6.54 Å². The van der Waals surface area contributed by atoms with Gasteiger partial charge in [-0.2, -0.15) is 0 Å². The fourth-order valence-electron chi connectivity index (χ4n) is 3.38. The average molecular weight is 401 g/mol. The summed E-state index contributed by atoms with van der Waals surface area (Å²) in [6.07, 6.45) is 0. The zero-order valence-electron chi connectivity index (χ0n) is 17.0. The van der Waals surface area contributed by atoms with Crippen LogP contribution in [-0.2, 0) is 16.0 Å². The molecular weight excluding hydrogens is 378 g/mol. The zero-order valence-corrected chi connectivity index (χ0v) is 17.0. The van der Waals surface area contributed by atoms with E-state index < -0.39 is 0 Å². The van der Waals surface area contributed by atoms with Gasteiger partial charge in [-0.1, -0.05) is 36.4 Å². The van der Waals surface area contributed by atoms with Gasteiger partial charge in [-0.3, -0.25) is 0 Å². The molecule has 0 radical (unpaired) electrons. The summed E-state index contributed by atoms with van der Waals surface area (Å²) >= 11 is 0. The molecule has 1 heterocycles. The molecular formula is C24H23N3O3. The second kappa shape index (κ2) is 8.80. The number of carbonyl (C=O) groups excluding carboxylic acids is 1. The van der Waals surface area contributed by atoms with E-state index in [4.69, 9.17) is 14.5 Å². The summed E-state index contributed by atoms with van der Waals surface area (Å²) in [4.78, 5) is 16.5. The van der Waals surface area contributed by atoms with Gasteiger partial charge in [-0.25, -0.2) is 9.78 Å². The number of anilines is 2. The van der Waals surface area contributed by atoms with Gasteiger partial charge in [0.05, 0.1) is 30.3 Å². The Bertz CT molecular complexity index is 1150. The Hall–Kier alpha value is -3.64. The molecule has 0 spiro atoms. The van der Waals surface area contributed by atoms with E-state index in [-0.39, 0.29) is 5.97 Å². The normalized spacial score (nSPS) is 10.9. The van der Waals surface area contributed by atoms with Crippen molar-refractivity contribution in [2.24, 2.45) is 0 Å². The first-order valence-electron chi connectivity index (χ1n) is 9.69. The molecule has 0 amide bonds. The van der Waals surface area contributed by atoms with Crippen LogP contribution in [0.3, 0.4) is 0 Å². The number of rotatable bonds is 7. The van der Waals surface area contributed by atoms with Gasteiger partial charge in [0, 0.05) is 19.3 Å². The predicted molar refractivity (Wildman–Crippen MR) is 118 cm³/mol. The molecule has 0 bridgehead atoms. The Labute approximate surface area is 175 Å². The van der Waals surface area contributed by atoms with Crippen molar-refractivity contribution in [1.82, 2.24) is 9.55 Å². The number of esters is 1. The number of hydrogen-bond donors (Lipinski definition) is 1. The summed E-state index contributed by atoms with van der Waals surface area (Å²) in [5, 5.41) is 3.36. The minimum absolute atomic E-state index is 0.359. The van der Waals surface area contributed by atoms with Crippen molar-refractivity contribution in [3.8, 4) is 11.1 Å². The Morgan fingerprint density at radius 3 is 2.43 bits per heavy atom. The highest BCUT2D eigenvalue weighted by Crippen LogP contribution is 2.28. The van der Waals surface area contributed by atoms with Crippen molar-refractivity contribution in [3.05, 3.63) is 78.4 Å². The third-order valence-corrected chi connectivity index (χ3v) is 4.94. The molecule has 0 aliphatic rings. The van der Waals surface area contributed by atoms with Crippen LogP contribution in [0.1, 0.15) is 10.4 Å². The van der Waals surface area contributed by atoms with E-state index in [1.807, 2.05) is 30.3 Å². The van der Waals surface area contributed by atoms with E-state index in [1.165, 1.54) is 7.11 Å². The summed E-state index contributed by atoms with van der Waals surface area (Å²) in [5.41, 5.74) is 5.54. The van der Waals surface area contributed by atoms with Crippen LogP contribution < -0.4 is 5.32 Å². The van der Waals surface area contributed by atoms with Gasteiger partial charge in [0.2, 0.25) is 5.95 Å². The molecule has 6 heteroatoms. The van der Waals surface area contributed by atoms with Crippen molar-refractivity contribution >= 4 is 28.6 Å². The maximum absolute atomic E-state index is 11.6. The van der Waals surface area contributed by atoms with Gasteiger partial charge >= 0.3 is 5.97 Å². The number of imidazole rings is 1. The molecule has 0 saturated carbocycles. The van der Waals surface area contributed by atoms with Crippen molar-refractivity contribution in [1.29, 1.82) is 0 Å². The quantitative estimate of drug-likeness (QED) is 0.447. The average Bonchev–Trinajstić information content (AvgIpc) is 3.14. The van der Waals surface area contributed by atoms with Crippen LogP contribution in [0.2, 0.25) is 0 Å². The minimum atomic E-state index is -0.359. The van der Waals surface area contributed by atoms with Crippen molar-refractivity contribution in [3.63, 3.8) is 0 Å². The molecule has 152 valence electrons. The third kappa shape index (κ3) is 4.04. The third-order valence-electron chi connectivity index (χ3n) is 4.94. The molecule has 0 aliphatic carbocycles. The molecule has 4 aromatic rings. The first-order chi connectivity index (χ1) is 14.7. The number of aromatic nitrogens is 2. The van der Waals surface area contributed by atoms with E-state index in [9.17, 15) is 4.79 Å². The second-order valence-electron chi connectivity index (χ2n) is 6.84. The summed E-state index contributed by atoms with van der Waals surface area (Å²) in [5.74, 6) is 0.361. The van der Waals surface area contributed by atoms with E-state index in [0.717, 1.165) is 33.8 Å². The first-order valence-corrected chi connectivity index (χ1v) is 9.69. The number of hydrogen-bond acceptors (Lipinski definition) is 5. The predicted octanol–water partition coefficient (Wildman–Crippen LogP) is 4.88. The van der Waals surface area contributed by atoms with E-state index in [2.05, 4.69) is 40.2 Å². The van der Waals surface area contributed by atoms with Crippen LogP contribution in [0.5, 0.6) is 0 Å². The van der Waals surface area contributed by atoms with Gasteiger partial charge < -0.3 is 19.4 Å². The number of benzene rings is 3. The fraction of sp³-hybridized carbons (Fsp3) is 0.167. The molecule has 0 atom stereocenters. The lowest BCUT2D eigenvalue weighted by atomic mass is 10.1. The zero-order chi connectivity index (χ0) is 20.9. The minimum Gasteiger partial charge on any atom is -0.465 e. The molecule has 6 nitrogen and oxygen atoms in total. The van der Waals surface area contributed by atoms with Crippen LogP contribution in [-0.4, -0.2) is 36.3 Å². The maximum atomic E-state index is 11.6. The summed E-state index contributed by atoms with van der Waals surface area (Å²) < 4.78 is 12.1. The number of methoxy groups -OCH3 is 2. The molecule has 3 aromatic carbocycles. The molecule has 0 aliphatic heterocycles. The molecule has 1 aromatic heterocycles. The summed E-state index contributed by atoms with van der Waals surface area (Å²) in [6.45, 7) is 1.24. The topological polar surface area (TPSA) is 65.4 Å². The first kappa shape index (κ1) is 19.7. The fourth-order valence-corrected chi connectivity index (χ4v) is 3.38. The highest BCUT2D eigenvalue weighted by molar-refractivity contribution is 5.90. The Morgan fingerprint density at radius 2 is 1.73 bits per heavy atom. The Balaban J connectivity index is 1.69. The molecule has 30 heavy (non-hydrogen) atoms. The Morgan fingerprint density at radius 1 is 0.967 bits per heavy atom. The van der Waals surface area contributed by atoms with Crippen molar-refractivity contribution in [2.75, 3.05) is 26.1 Å². The lowest BCUT2D eigenvalue weighted by molar-refractivity contribution is 0.0601. The summed E-state index contributed by atoms with van der Waals surface area (Å²) in [7, 11) is 3.06. The Kier molecular flexibility index (Phi) is 5.77. The number of fused-ring (bicyclic) bond motifs is 1. The number of ether oxygens (including phenoxy) is 2. The van der Waals surface area contributed by atoms with Gasteiger partial charge in [-0.15, -0.1) is 0 Å². The lowest BCUT2D eigenvalue weighted by Gasteiger charge is -2.11. The smallest absolute Gasteiger partial charge is 0.337 e. The second-order valence-corrected chi connectivity index (χ2v) is 6.84. The maximum Gasteiger partial charge on any atom is 0.337 e. The number of nitrogens with one attached hydrogen (secondary N) is 1. The monoisotopic (exact) mass is 401 g/mol. The van der Waals surface area contributed by atoms with Crippen molar-refractivity contribution < 1.29 is 14.3 Å². The van der Waals surface area contributed by atoms with Gasteiger partial charge in [0.15, 0.2) is 0 Å². The van der Waals surface area contributed by atoms with E-state index in [1.54, 1.807) is 19.2 Å².